The van der Waals surface area contributed by atoms with Crippen LogP contribution in [0.15, 0.2) is 54.6 Å². The number of carboxylic acids is 1. The van der Waals surface area contributed by atoms with Gasteiger partial charge >= 0.3 is 5.97 Å². The number of hydrogen-bond acceptors (Lipinski definition) is 5. The summed E-state index contributed by atoms with van der Waals surface area (Å²) in [6.45, 7) is 3.43. The Bertz CT molecular complexity index is 1130. The quantitative estimate of drug-likeness (QED) is 0.340. The summed E-state index contributed by atoms with van der Waals surface area (Å²) in [5, 5.41) is 21.3. The molecule has 7 nitrogen and oxygen atoms in total. The molecule has 1 aromatic heterocycles. The first-order valence-electron chi connectivity index (χ1n) is 8.90. The molecule has 0 bridgehead atoms. The molecule has 0 spiro atoms. The molecular formula is C22H21ClN2O5S. The smallest absolute Gasteiger partial charge is 0.348 e. The first kappa shape index (κ1) is 24.0. The molecule has 1 amide bonds. The number of thiophene rings is 1. The summed E-state index contributed by atoms with van der Waals surface area (Å²) in [6, 6.07) is 14.1. The minimum Gasteiger partial charge on any atom is -0.477 e. The van der Waals surface area contributed by atoms with Gasteiger partial charge in [0.2, 0.25) is 0 Å². The molecule has 0 aliphatic heterocycles. The number of aromatic carboxylic acids is 1. The highest BCUT2D eigenvalue weighted by Gasteiger charge is 2.31. The highest BCUT2D eigenvalue weighted by molar-refractivity contribution is 7.18. The second-order valence-corrected chi connectivity index (χ2v) is 8.17. The number of carbonyl (C=O) groups excluding carboxylic acids is 1. The van der Waals surface area contributed by atoms with Crippen LogP contribution in [0, 0.1) is 10.1 Å². The molecule has 0 unspecified atom stereocenters. The van der Waals surface area contributed by atoms with E-state index in [1.165, 1.54) is 17.0 Å². The van der Waals surface area contributed by atoms with Gasteiger partial charge < -0.3 is 10.0 Å². The van der Waals surface area contributed by atoms with Crippen LogP contribution >= 0.6 is 22.9 Å². The Morgan fingerprint density at radius 2 is 1.77 bits per heavy atom. The second-order valence-electron chi connectivity index (χ2n) is 6.68. The SMILES string of the molecule is C.CC(C)N(C(=O)c1ccc(Cl)cc1[N+](=O)[O-])c1cc(-c2ccccc2)sc1C(=O)O. The van der Waals surface area contributed by atoms with E-state index in [0.717, 1.165) is 23.0 Å². The summed E-state index contributed by atoms with van der Waals surface area (Å²) in [7, 11) is 0. The maximum atomic E-state index is 13.3. The van der Waals surface area contributed by atoms with Crippen LogP contribution in [0.3, 0.4) is 0 Å². The van der Waals surface area contributed by atoms with Gasteiger partial charge in [-0.3, -0.25) is 14.9 Å². The van der Waals surface area contributed by atoms with Crippen molar-refractivity contribution in [1.82, 2.24) is 0 Å². The molecule has 0 fully saturated rings. The number of nitro groups is 1. The maximum absolute atomic E-state index is 13.3. The van der Waals surface area contributed by atoms with E-state index >= 15 is 0 Å². The van der Waals surface area contributed by atoms with E-state index in [4.69, 9.17) is 11.6 Å². The van der Waals surface area contributed by atoms with Gasteiger partial charge in [0.15, 0.2) is 0 Å². The third-order valence-corrected chi connectivity index (χ3v) is 5.74. The molecule has 31 heavy (non-hydrogen) atoms. The molecular weight excluding hydrogens is 440 g/mol. The third kappa shape index (κ3) is 4.92. The molecule has 0 aliphatic rings. The number of hydrogen-bond donors (Lipinski definition) is 1. The molecule has 1 N–H and O–H groups in total. The zero-order valence-electron chi connectivity index (χ0n) is 16.0. The predicted molar refractivity (Wildman–Crippen MR) is 123 cm³/mol. The van der Waals surface area contributed by atoms with Crippen molar-refractivity contribution in [3.05, 3.63) is 80.2 Å². The van der Waals surface area contributed by atoms with Gasteiger partial charge in [-0.15, -0.1) is 11.3 Å². The number of nitrogens with zero attached hydrogens (tertiary/aromatic N) is 2. The minimum atomic E-state index is -1.18. The van der Waals surface area contributed by atoms with Gasteiger partial charge in [-0.1, -0.05) is 49.4 Å². The van der Waals surface area contributed by atoms with Crippen molar-refractivity contribution in [2.75, 3.05) is 4.90 Å². The van der Waals surface area contributed by atoms with E-state index in [0.29, 0.717) is 4.88 Å². The van der Waals surface area contributed by atoms with Gasteiger partial charge in [0.1, 0.15) is 10.4 Å². The van der Waals surface area contributed by atoms with Crippen LogP contribution in [0.2, 0.25) is 5.02 Å². The molecule has 0 aliphatic carbocycles. The van der Waals surface area contributed by atoms with E-state index < -0.39 is 28.5 Å². The van der Waals surface area contributed by atoms with Crippen LogP contribution in [0.25, 0.3) is 10.4 Å². The van der Waals surface area contributed by atoms with Crippen LogP contribution in [-0.4, -0.2) is 27.9 Å². The first-order chi connectivity index (χ1) is 14.2. The lowest BCUT2D eigenvalue weighted by molar-refractivity contribution is -0.385. The fraction of sp³-hybridized carbons (Fsp3) is 0.182. The van der Waals surface area contributed by atoms with Gasteiger partial charge in [0.05, 0.1) is 10.6 Å². The molecule has 2 aromatic carbocycles. The summed E-state index contributed by atoms with van der Waals surface area (Å²) in [5.41, 5.74) is 0.399. The largest absolute Gasteiger partial charge is 0.477 e. The van der Waals surface area contributed by atoms with Crippen LogP contribution in [0.5, 0.6) is 0 Å². The number of amides is 1. The number of anilines is 1. The fourth-order valence-electron chi connectivity index (χ4n) is 3.05. The van der Waals surface area contributed by atoms with Crippen molar-refractivity contribution < 1.29 is 19.6 Å². The molecule has 3 aromatic rings. The van der Waals surface area contributed by atoms with Crippen LogP contribution < -0.4 is 4.90 Å². The van der Waals surface area contributed by atoms with Gasteiger partial charge in [0.25, 0.3) is 11.6 Å². The standard InChI is InChI=1S/C21H17ClN2O5S.CH4/c1-12(2)23(20(25)15-9-8-14(22)10-16(15)24(28)29)17-11-18(30-19(17)21(26)27)13-6-4-3-5-7-13;/h3-12H,1-2H3,(H,26,27);1H4. The van der Waals surface area contributed by atoms with Crippen molar-refractivity contribution >= 4 is 46.2 Å². The van der Waals surface area contributed by atoms with E-state index in [1.807, 2.05) is 30.3 Å². The lowest BCUT2D eigenvalue weighted by atomic mass is 10.1. The Kier molecular flexibility index (Phi) is 7.54. The van der Waals surface area contributed by atoms with Crippen molar-refractivity contribution in [3.8, 4) is 10.4 Å². The normalized spacial score (nSPS) is 10.5. The van der Waals surface area contributed by atoms with Crippen molar-refractivity contribution in [3.63, 3.8) is 0 Å². The highest BCUT2D eigenvalue weighted by atomic mass is 35.5. The number of halogens is 1. The number of nitro benzene ring substituents is 1. The first-order valence-corrected chi connectivity index (χ1v) is 10.1. The van der Waals surface area contributed by atoms with E-state index in [-0.39, 0.29) is 28.6 Å². The van der Waals surface area contributed by atoms with E-state index in [2.05, 4.69) is 0 Å². The monoisotopic (exact) mass is 460 g/mol. The van der Waals surface area contributed by atoms with Crippen LogP contribution in [0.4, 0.5) is 11.4 Å². The Morgan fingerprint density at radius 1 is 1.13 bits per heavy atom. The lowest BCUT2D eigenvalue weighted by Gasteiger charge is -2.26. The van der Waals surface area contributed by atoms with Gasteiger partial charge in [-0.2, -0.15) is 0 Å². The van der Waals surface area contributed by atoms with E-state index in [9.17, 15) is 24.8 Å². The Hall–Kier alpha value is -3.23. The summed E-state index contributed by atoms with van der Waals surface area (Å²) in [4.78, 5) is 37.9. The Labute approximate surface area is 188 Å². The average Bonchev–Trinajstić information content (AvgIpc) is 3.13. The van der Waals surface area contributed by atoms with Crippen LogP contribution in [0.1, 0.15) is 41.3 Å². The van der Waals surface area contributed by atoms with Gasteiger partial charge in [-0.05, 0) is 37.6 Å². The summed E-state index contributed by atoms with van der Waals surface area (Å²) in [5.74, 6) is -1.85. The second kappa shape index (κ2) is 9.72. The molecule has 162 valence electrons. The molecule has 0 saturated carbocycles. The average molecular weight is 461 g/mol. The van der Waals surface area contributed by atoms with Gasteiger partial charge in [-0.25, -0.2) is 4.79 Å². The summed E-state index contributed by atoms with van der Waals surface area (Å²) < 4.78 is 0. The predicted octanol–water partition coefficient (Wildman–Crippen LogP) is 6.37. The molecule has 0 atom stereocenters. The molecule has 1 heterocycles. The Morgan fingerprint density at radius 3 is 2.32 bits per heavy atom. The number of benzene rings is 2. The van der Waals surface area contributed by atoms with Crippen molar-refractivity contribution in [2.45, 2.75) is 27.3 Å². The highest BCUT2D eigenvalue weighted by Crippen LogP contribution is 2.39. The third-order valence-electron chi connectivity index (χ3n) is 4.35. The maximum Gasteiger partial charge on any atom is 0.348 e. The fourth-order valence-corrected chi connectivity index (χ4v) is 4.21. The molecule has 3 rings (SSSR count). The summed E-state index contributed by atoms with van der Waals surface area (Å²) >= 11 is 6.90. The van der Waals surface area contributed by atoms with Crippen LogP contribution in [-0.2, 0) is 0 Å². The van der Waals surface area contributed by atoms with E-state index in [1.54, 1.807) is 19.9 Å². The van der Waals surface area contributed by atoms with Crippen molar-refractivity contribution in [1.29, 1.82) is 0 Å². The number of carbonyl (C=O) groups is 2. The number of rotatable bonds is 6. The topological polar surface area (TPSA) is 101 Å². The lowest BCUT2D eigenvalue weighted by Crippen LogP contribution is -2.38. The minimum absolute atomic E-state index is 0. The Balaban J connectivity index is 0.00000341. The zero-order valence-corrected chi connectivity index (χ0v) is 17.6. The van der Waals surface area contributed by atoms with Gasteiger partial charge in [0, 0.05) is 22.0 Å². The zero-order chi connectivity index (χ0) is 22.0. The molecule has 0 saturated heterocycles. The molecule has 0 radical (unpaired) electrons. The number of carboxylic acid groups (broad SMARTS) is 1. The molecule has 9 heteroatoms. The summed E-state index contributed by atoms with van der Waals surface area (Å²) in [6.07, 6.45) is 0. The van der Waals surface area contributed by atoms with Crippen molar-refractivity contribution in [2.24, 2.45) is 0 Å².